The van der Waals surface area contributed by atoms with Crippen LogP contribution in [-0.2, 0) is 0 Å². The van der Waals surface area contributed by atoms with Gasteiger partial charge in [0, 0.05) is 6.04 Å². The summed E-state index contributed by atoms with van der Waals surface area (Å²) in [5.41, 5.74) is 1.44. The smallest absolute Gasteiger partial charge is 0.0348 e. The fourth-order valence-electron chi connectivity index (χ4n) is 3.70. The predicted octanol–water partition coefficient (Wildman–Crippen LogP) is 4.54. The molecule has 0 aliphatic heterocycles. The average Bonchev–Trinajstić information content (AvgIpc) is 2.86. The van der Waals surface area contributed by atoms with E-state index in [0.29, 0.717) is 6.04 Å². The van der Waals surface area contributed by atoms with Crippen LogP contribution in [0, 0.1) is 11.8 Å². The van der Waals surface area contributed by atoms with E-state index in [1.165, 1.54) is 35.6 Å². The van der Waals surface area contributed by atoms with Gasteiger partial charge in [-0.05, 0) is 47.7 Å². The molecule has 1 heteroatoms. The van der Waals surface area contributed by atoms with Crippen molar-refractivity contribution in [3.8, 4) is 0 Å². The molecule has 2 aromatic carbocycles. The zero-order chi connectivity index (χ0) is 13.2. The maximum atomic E-state index is 3.56. The SMILES string of the molecule is CNC(c1ccc2ccccc2c1)C1CCCC1C. The quantitative estimate of drug-likeness (QED) is 0.847. The second-order valence-corrected chi connectivity index (χ2v) is 5.94. The van der Waals surface area contributed by atoms with E-state index >= 15 is 0 Å². The molecule has 1 fully saturated rings. The van der Waals surface area contributed by atoms with E-state index in [4.69, 9.17) is 0 Å². The van der Waals surface area contributed by atoms with Crippen molar-refractivity contribution in [2.75, 3.05) is 7.05 Å². The normalized spacial score (nSPS) is 24.7. The van der Waals surface area contributed by atoms with Crippen LogP contribution in [-0.4, -0.2) is 7.05 Å². The van der Waals surface area contributed by atoms with Gasteiger partial charge in [-0.3, -0.25) is 0 Å². The van der Waals surface area contributed by atoms with Gasteiger partial charge in [-0.2, -0.15) is 0 Å². The minimum absolute atomic E-state index is 0.502. The van der Waals surface area contributed by atoms with Gasteiger partial charge in [-0.25, -0.2) is 0 Å². The van der Waals surface area contributed by atoms with Gasteiger partial charge in [0.1, 0.15) is 0 Å². The lowest BCUT2D eigenvalue weighted by Crippen LogP contribution is -2.26. The van der Waals surface area contributed by atoms with E-state index in [0.717, 1.165) is 11.8 Å². The highest BCUT2D eigenvalue weighted by Gasteiger charge is 2.30. The Morgan fingerprint density at radius 2 is 1.84 bits per heavy atom. The summed E-state index contributed by atoms with van der Waals surface area (Å²) in [6, 6.07) is 16.1. The maximum absolute atomic E-state index is 3.56. The van der Waals surface area contributed by atoms with Crippen molar-refractivity contribution in [3.05, 3.63) is 48.0 Å². The Kier molecular flexibility index (Phi) is 3.56. The molecule has 0 radical (unpaired) electrons. The maximum Gasteiger partial charge on any atom is 0.0348 e. The van der Waals surface area contributed by atoms with Gasteiger partial charge in [0.25, 0.3) is 0 Å². The van der Waals surface area contributed by atoms with Gasteiger partial charge in [0.05, 0.1) is 0 Å². The monoisotopic (exact) mass is 253 g/mol. The lowest BCUT2D eigenvalue weighted by atomic mass is 9.85. The van der Waals surface area contributed by atoms with Crippen LogP contribution >= 0.6 is 0 Å². The van der Waals surface area contributed by atoms with Crippen molar-refractivity contribution in [1.29, 1.82) is 0 Å². The lowest BCUT2D eigenvalue weighted by molar-refractivity contribution is 0.315. The highest BCUT2D eigenvalue weighted by Crippen LogP contribution is 2.40. The second-order valence-electron chi connectivity index (χ2n) is 5.94. The Morgan fingerprint density at radius 3 is 2.53 bits per heavy atom. The number of nitrogens with one attached hydrogen (secondary N) is 1. The van der Waals surface area contributed by atoms with Gasteiger partial charge in [-0.15, -0.1) is 0 Å². The molecule has 100 valence electrons. The van der Waals surface area contributed by atoms with Gasteiger partial charge >= 0.3 is 0 Å². The molecule has 0 saturated heterocycles. The molecule has 1 saturated carbocycles. The van der Waals surface area contributed by atoms with Crippen molar-refractivity contribution in [2.24, 2.45) is 11.8 Å². The first kappa shape index (κ1) is 12.7. The van der Waals surface area contributed by atoms with Gasteiger partial charge in [0.2, 0.25) is 0 Å². The molecule has 0 amide bonds. The Bertz CT molecular complexity index is 560. The van der Waals surface area contributed by atoms with Crippen LogP contribution in [0.2, 0.25) is 0 Å². The highest BCUT2D eigenvalue weighted by atomic mass is 14.9. The highest BCUT2D eigenvalue weighted by molar-refractivity contribution is 5.83. The van der Waals surface area contributed by atoms with E-state index in [-0.39, 0.29) is 0 Å². The molecule has 1 aliphatic rings. The summed E-state index contributed by atoms with van der Waals surface area (Å²) < 4.78 is 0. The summed E-state index contributed by atoms with van der Waals surface area (Å²) >= 11 is 0. The van der Waals surface area contributed by atoms with Crippen molar-refractivity contribution < 1.29 is 0 Å². The summed E-state index contributed by atoms with van der Waals surface area (Å²) in [6.45, 7) is 2.41. The molecular weight excluding hydrogens is 230 g/mol. The summed E-state index contributed by atoms with van der Waals surface area (Å²) in [5, 5.41) is 6.24. The molecule has 3 atom stereocenters. The number of rotatable bonds is 3. The zero-order valence-corrected chi connectivity index (χ0v) is 11.9. The van der Waals surface area contributed by atoms with Crippen molar-refractivity contribution in [2.45, 2.75) is 32.2 Å². The molecule has 3 rings (SSSR count). The molecule has 3 unspecified atom stereocenters. The first-order valence-corrected chi connectivity index (χ1v) is 7.45. The molecule has 19 heavy (non-hydrogen) atoms. The van der Waals surface area contributed by atoms with E-state index < -0.39 is 0 Å². The molecule has 2 aromatic rings. The van der Waals surface area contributed by atoms with Crippen LogP contribution in [0.25, 0.3) is 10.8 Å². The summed E-state index contributed by atoms with van der Waals surface area (Å²) in [7, 11) is 2.10. The Morgan fingerprint density at radius 1 is 1.05 bits per heavy atom. The molecule has 0 aromatic heterocycles. The predicted molar refractivity (Wildman–Crippen MR) is 82.3 cm³/mol. The minimum Gasteiger partial charge on any atom is -0.313 e. The molecule has 0 bridgehead atoms. The van der Waals surface area contributed by atoms with Crippen LogP contribution in [0.5, 0.6) is 0 Å². The first-order valence-electron chi connectivity index (χ1n) is 7.45. The molecule has 1 N–H and O–H groups in total. The number of hydrogen-bond acceptors (Lipinski definition) is 1. The van der Waals surface area contributed by atoms with E-state index in [1.54, 1.807) is 0 Å². The minimum atomic E-state index is 0.502. The van der Waals surface area contributed by atoms with E-state index in [2.05, 4.69) is 61.8 Å². The fraction of sp³-hybridized carbons (Fsp3) is 0.444. The van der Waals surface area contributed by atoms with Crippen molar-refractivity contribution in [1.82, 2.24) is 5.32 Å². The third kappa shape index (κ3) is 2.40. The van der Waals surface area contributed by atoms with E-state index in [9.17, 15) is 0 Å². The number of benzene rings is 2. The zero-order valence-electron chi connectivity index (χ0n) is 11.9. The van der Waals surface area contributed by atoms with Crippen molar-refractivity contribution >= 4 is 10.8 Å². The van der Waals surface area contributed by atoms with Gasteiger partial charge in [-0.1, -0.05) is 56.2 Å². The van der Waals surface area contributed by atoms with Crippen LogP contribution < -0.4 is 5.32 Å². The Balaban J connectivity index is 1.96. The summed E-state index contributed by atoms with van der Waals surface area (Å²) in [5.74, 6) is 1.62. The second kappa shape index (κ2) is 5.34. The third-order valence-electron chi connectivity index (χ3n) is 4.80. The third-order valence-corrected chi connectivity index (χ3v) is 4.80. The summed E-state index contributed by atoms with van der Waals surface area (Å²) in [4.78, 5) is 0. The number of hydrogen-bond donors (Lipinski definition) is 1. The van der Waals surface area contributed by atoms with Crippen LogP contribution in [0.15, 0.2) is 42.5 Å². The fourth-order valence-corrected chi connectivity index (χ4v) is 3.70. The molecule has 1 aliphatic carbocycles. The topological polar surface area (TPSA) is 12.0 Å². The summed E-state index contributed by atoms with van der Waals surface area (Å²) in [6.07, 6.45) is 4.13. The molecule has 1 nitrogen and oxygen atoms in total. The standard InChI is InChI=1S/C18H23N/c1-13-6-5-9-17(13)18(19-2)16-11-10-14-7-3-4-8-15(14)12-16/h3-4,7-8,10-13,17-19H,5-6,9H2,1-2H3. The lowest BCUT2D eigenvalue weighted by Gasteiger charge is -2.27. The first-order chi connectivity index (χ1) is 9.29. The van der Waals surface area contributed by atoms with Crippen LogP contribution in [0.3, 0.4) is 0 Å². The Labute approximate surface area is 116 Å². The Hall–Kier alpha value is -1.34. The number of fused-ring (bicyclic) bond motifs is 1. The van der Waals surface area contributed by atoms with Crippen LogP contribution in [0.4, 0.5) is 0 Å². The van der Waals surface area contributed by atoms with E-state index in [1.807, 2.05) is 0 Å². The van der Waals surface area contributed by atoms with Crippen LogP contribution in [0.1, 0.15) is 37.8 Å². The average molecular weight is 253 g/mol. The largest absolute Gasteiger partial charge is 0.313 e. The molecular formula is C18H23N. The molecule has 0 spiro atoms. The van der Waals surface area contributed by atoms with Gasteiger partial charge in [0.15, 0.2) is 0 Å². The molecule has 0 heterocycles. The van der Waals surface area contributed by atoms with Crippen molar-refractivity contribution in [3.63, 3.8) is 0 Å². The van der Waals surface area contributed by atoms with Gasteiger partial charge < -0.3 is 5.32 Å².